The van der Waals surface area contributed by atoms with Crippen LogP contribution in [0.3, 0.4) is 0 Å². The molecule has 0 aliphatic carbocycles. The summed E-state index contributed by atoms with van der Waals surface area (Å²) in [5.41, 5.74) is 1.57. The molecule has 2 aliphatic heterocycles. The molecule has 2 aliphatic rings. The fourth-order valence-corrected chi connectivity index (χ4v) is 5.55. The van der Waals surface area contributed by atoms with Gasteiger partial charge in [-0.3, -0.25) is 4.98 Å². The third kappa shape index (κ3) is 4.32. The van der Waals surface area contributed by atoms with E-state index in [1.807, 2.05) is 31.7 Å². The Morgan fingerprint density at radius 2 is 2.00 bits per heavy atom. The molecule has 8 nitrogen and oxygen atoms in total. The van der Waals surface area contributed by atoms with Crippen LogP contribution in [-0.4, -0.2) is 51.8 Å². The maximum Gasteiger partial charge on any atom is 0.355 e. The molecule has 1 saturated heterocycles. The molecule has 6 rings (SSSR count). The highest BCUT2D eigenvalue weighted by molar-refractivity contribution is 5.91. The normalized spacial score (nSPS) is 17.4. The molecule has 2 bridgehead atoms. The molecule has 0 unspecified atom stereocenters. The number of rotatable bonds is 2. The number of ether oxygens (including phenoxy) is 1. The molecule has 1 fully saturated rings. The maximum atomic E-state index is 15.9. The number of aromatic nitrogens is 4. The van der Waals surface area contributed by atoms with Crippen molar-refractivity contribution in [2.75, 3.05) is 31.1 Å². The maximum absolute atomic E-state index is 15.9. The monoisotopic (exact) mass is 532 g/mol. The predicted octanol–water partition coefficient (Wildman–Crippen LogP) is 4.37. The van der Waals surface area contributed by atoms with E-state index in [0.29, 0.717) is 55.1 Å². The number of halogens is 2. The lowest BCUT2D eigenvalue weighted by Crippen LogP contribution is -2.50. The molecule has 1 atom stereocenters. The fraction of sp³-hybridized carbons (Fsp3) is 0.379. The molecule has 39 heavy (non-hydrogen) atoms. The van der Waals surface area contributed by atoms with E-state index < -0.39 is 17.3 Å². The molecule has 0 radical (unpaired) electrons. The van der Waals surface area contributed by atoms with Crippen molar-refractivity contribution in [2.45, 2.75) is 45.6 Å². The smallest absolute Gasteiger partial charge is 0.355 e. The van der Waals surface area contributed by atoms with Crippen molar-refractivity contribution >= 4 is 16.9 Å². The van der Waals surface area contributed by atoms with Gasteiger partial charge in [0.2, 0.25) is 0 Å². The Kier molecular flexibility index (Phi) is 6.50. The number of nitrogens with one attached hydrogen (secondary N) is 1. The summed E-state index contributed by atoms with van der Waals surface area (Å²) in [7, 11) is 0. The summed E-state index contributed by atoms with van der Waals surface area (Å²) in [4.78, 5) is 29.8. The van der Waals surface area contributed by atoms with Gasteiger partial charge >= 0.3 is 5.69 Å². The van der Waals surface area contributed by atoms with Crippen LogP contribution in [0.1, 0.15) is 44.4 Å². The summed E-state index contributed by atoms with van der Waals surface area (Å²) in [5.74, 6) is -0.818. The summed E-state index contributed by atoms with van der Waals surface area (Å²) in [6, 6.07) is 7.61. The van der Waals surface area contributed by atoms with E-state index in [0.717, 1.165) is 5.56 Å². The minimum Gasteiger partial charge on any atom is -0.493 e. The first-order valence-corrected chi connectivity index (χ1v) is 13.4. The number of hydrogen-bond donors (Lipinski definition) is 1. The second-order valence-electron chi connectivity index (χ2n) is 10.4. The van der Waals surface area contributed by atoms with Gasteiger partial charge in [-0.05, 0) is 55.5 Å². The molecule has 5 heterocycles. The van der Waals surface area contributed by atoms with Gasteiger partial charge in [-0.2, -0.15) is 4.98 Å². The first kappa shape index (κ1) is 25.4. The van der Waals surface area contributed by atoms with Gasteiger partial charge in [-0.1, -0.05) is 19.9 Å². The van der Waals surface area contributed by atoms with Crippen LogP contribution in [0.5, 0.6) is 5.75 Å². The molecular weight excluding hydrogens is 502 g/mol. The van der Waals surface area contributed by atoms with Crippen molar-refractivity contribution in [3.05, 3.63) is 69.9 Å². The molecule has 202 valence electrons. The van der Waals surface area contributed by atoms with E-state index >= 15 is 8.78 Å². The van der Waals surface area contributed by atoms with Gasteiger partial charge in [0.1, 0.15) is 23.1 Å². The van der Waals surface area contributed by atoms with Crippen LogP contribution < -0.4 is 20.6 Å². The number of nitrogens with zero attached hydrogens (tertiary/aromatic N) is 5. The third-order valence-electron chi connectivity index (χ3n) is 7.44. The number of pyridine rings is 2. The van der Waals surface area contributed by atoms with E-state index in [-0.39, 0.29) is 41.2 Å². The van der Waals surface area contributed by atoms with Gasteiger partial charge in [0.05, 0.1) is 28.9 Å². The van der Waals surface area contributed by atoms with Gasteiger partial charge in [0, 0.05) is 31.9 Å². The Labute approximate surface area is 224 Å². The van der Waals surface area contributed by atoms with Gasteiger partial charge in [0.25, 0.3) is 0 Å². The molecule has 3 aromatic heterocycles. The number of fused-ring (bicyclic) bond motifs is 5. The van der Waals surface area contributed by atoms with E-state index in [4.69, 9.17) is 4.74 Å². The van der Waals surface area contributed by atoms with Crippen LogP contribution in [0, 0.1) is 11.6 Å². The van der Waals surface area contributed by atoms with Crippen LogP contribution in [0.2, 0.25) is 0 Å². The first-order valence-electron chi connectivity index (χ1n) is 13.4. The summed E-state index contributed by atoms with van der Waals surface area (Å²) in [6.07, 6.45) is 2.92. The quantitative estimate of drug-likeness (QED) is 0.411. The van der Waals surface area contributed by atoms with Crippen LogP contribution in [0.25, 0.3) is 28.0 Å². The minimum absolute atomic E-state index is 0.0167. The summed E-state index contributed by atoms with van der Waals surface area (Å²) >= 11 is 0. The zero-order chi connectivity index (χ0) is 27.3. The number of anilines is 1. The van der Waals surface area contributed by atoms with Crippen molar-refractivity contribution in [1.82, 2.24) is 24.8 Å². The topological polar surface area (TPSA) is 85.2 Å². The first-order chi connectivity index (χ1) is 18.8. The molecule has 0 amide bonds. The minimum atomic E-state index is -0.721. The zero-order valence-corrected chi connectivity index (χ0v) is 22.2. The average Bonchev–Trinajstić information content (AvgIpc) is 2.91. The summed E-state index contributed by atoms with van der Waals surface area (Å²) < 4.78 is 38.6. The lowest BCUT2D eigenvalue weighted by atomic mass is 10.0. The summed E-state index contributed by atoms with van der Waals surface area (Å²) in [6.45, 7) is 8.29. The van der Waals surface area contributed by atoms with Gasteiger partial charge in [0.15, 0.2) is 11.5 Å². The molecular formula is C29H30F2N6O2. The average molecular weight is 533 g/mol. The highest BCUT2D eigenvalue weighted by atomic mass is 19.1. The van der Waals surface area contributed by atoms with Gasteiger partial charge < -0.3 is 15.0 Å². The van der Waals surface area contributed by atoms with Crippen LogP contribution in [-0.2, 0) is 6.42 Å². The molecule has 4 aromatic rings. The number of benzene rings is 1. The standard InChI is InChI=1S/C29H30F2N6O2/c1-16(2)24-26-18(9-10-33-24)6-5-13-39-22-8-4-7-20(30)23(22)25-21(31)14-19-27(36-12-11-32-15-17(36)3)35-29(38)37(26)28(19)34-25/h4,7-10,14,16-17,32H,5-6,11-13,15H2,1-3H3/t17-/m0/s1. The van der Waals surface area contributed by atoms with E-state index in [1.54, 1.807) is 12.3 Å². The van der Waals surface area contributed by atoms with Crippen molar-refractivity contribution in [3.8, 4) is 22.7 Å². The molecule has 10 heteroatoms. The largest absolute Gasteiger partial charge is 0.493 e. The highest BCUT2D eigenvalue weighted by Gasteiger charge is 2.29. The van der Waals surface area contributed by atoms with Crippen molar-refractivity contribution in [1.29, 1.82) is 0 Å². The van der Waals surface area contributed by atoms with Gasteiger partial charge in [-0.15, -0.1) is 0 Å². The Hall–Kier alpha value is -3.92. The lowest BCUT2D eigenvalue weighted by molar-refractivity contribution is 0.310. The SMILES string of the molecule is CC(C)c1nccc2c1-n1c(=O)nc(N3CCNC[C@@H]3C)c3cc(F)c(nc31)-c1c(F)cccc1OCCC2. The number of hydrogen-bond acceptors (Lipinski definition) is 7. The van der Waals surface area contributed by atoms with Crippen molar-refractivity contribution in [3.63, 3.8) is 0 Å². The highest BCUT2D eigenvalue weighted by Crippen LogP contribution is 2.37. The zero-order valence-electron chi connectivity index (χ0n) is 22.2. The van der Waals surface area contributed by atoms with E-state index in [1.165, 1.54) is 22.8 Å². The van der Waals surface area contributed by atoms with Crippen molar-refractivity contribution in [2.24, 2.45) is 0 Å². The second-order valence-corrected chi connectivity index (χ2v) is 10.4. The van der Waals surface area contributed by atoms with E-state index in [9.17, 15) is 4.79 Å². The second kappa shape index (κ2) is 10.00. The van der Waals surface area contributed by atoms with E-state index in [2.05, 4.69) is 20.3 Å². The van der Waals surface area contributed by atoms with Gasteiger partial charge in [-0.25, -0.2) is 23.1 Å². The molecule has 0 saturated carbocycles. The Balaban J connectivity index is 1.77. The molecule has 0 spiro atoms. The number of piperazine rings is 1. The predicted molar refractivity (Wildman–Crippen MR) is 146 cm³/mol. The van der Waals surface area contributed by atoms with Crippen LogP contribution in [0.15, 0.2) is 41.3 Å². The van der Waals surface area contributed by atoms with Crippen molar-refractivity contribution < 1.29 is 13.5 Å². The lowest BCUT2D eigenvalue weighted by Gasteiger charge is -2.35. The fourth-order valence-electron chi connectivity index (χ4n) is 5.55. The summed E-state index contributed by atoms with van der Waals surface area (Å²) in [5, 5.41) is 3.71. The Morgan fingerprint density at radius 1 is 1.15 bits per heavy atom. The Bertz CT molecular complexity index is 1640. The van der Waals surface area contributed by atoms with Crippen LogP contribution >= 0.6 is 0 Å². The van der Waals surface area contributed by atoms with Crippen LogP contribution in [0.4, 0.5) is 14.6 Å². The molecule has 1 N–H and O–H groups in total. The number of aryl methyl sites for hydroxylation is 1. The third-order valence-corrected chi connectivity index (χ3v) is 7.44. The molecule has 1 aromatic carbocycles. The Morgan fingerprint density at radius 3 is 2.79 bits per heavy atom.